The van der Waals surface area contributed by atoms with Crippen molar-refractivity contribution in [2.24, 2.45) is 0 Å². The standard InChI is InChI=1S/C25H20Cl2N2O2/c1-14-10-15(2)12-20(11-14)29-24(30)22(17-5-7-18(26)8-6-17)23(25(29)31)28-19-9-4-16(3)21(27)13-19/h4-13,28H,1-3H3. The molecule has 0 atom stereocenters. The largest absolute Gasteiger partial charge is 0.350 e. The van der Waals surface area contributed by atoms with E-state index in [0.717, 1.165) is 16.7 Å². The summed E-state index contributed by atoms with van der Waals surface area (Å²) in [6.07, 6.45) is 0. The zero-order valence-corrected chi connectivity index (χ0v) is 18.8. The Bertz CT molecular complexity index is 1230. The van der Waals surface area contributed by atoms with E-state index in [2.05, 4.69) is 5.32 Å². The minimum atomic E-state index is -0.420. The van der Waals surface area contributed by atoms with Crippen LogP contribution in [0.15, 0.2) is 66.4 Å². The first kappa shape index (κ1) is 21.2. The Morgan fingerprint density at radius 1 is 0.774 bits per heavy atom. The van der Waals surface area contributed by atoms with Crippen molar-refractivity contribution >= 4 is 52.0 Å². The lowest BCUT2D eigenvalue weighted by Gasteiger charge is -2.17. The second-order valence-corrected chi connectivity index (χ2v) is 8.48. The number of imide groups is 1. The van der Waals surface area contributed by atoms with Gasteiger partial charge in [-0.3, -0.25) is 9.59 Å². The Labute approximate surface area is 191 Å². The van der Waals surface area contributed by atoms with Crippen molar-refractivity contribution < 1.29 is 9.59 Å². The molecule has 156 valence electrons. The Morgan fingerprint density at radius 3 is 2.03 bits per heavy atom. The zero-order valence-electron chi connectivity index (χ0n) is 17.3. The van der Waals surface area contributed by atoms with Gasteiger partial charge >= 0.3 is 0 Å². The van der Waals surface area contributed by atoms with Crippen molar-refractivity contribution in [2.45, 2.75) is 20.8 Å². The molecule has 2 amide bonds. The maximum Gasteiger partial charge on any atom is 0.282 e. The molecule has 31 heavy (non-hydrogen) atoms. The number of halogens is 2. The van der Waals surface area contributed by atoms with Crippen molar-refractivity contribution in [1.82, 2.24) is 0 Å². The number of nitrogens with one attached hydrogen (secondary N) is 1. The third kappa shape index (κ3) is 4.09. The zero-order chi connectivity index (χ0) is 22.3. The van der Waals surface area contributed by atoms with Gasteiger partial charge in [0.15, 0.2) is 0 Å². The van der Waals surface area contributed by atoms with Crippen LogP contribution in [0.2, 0.25) is 10.0 Å². The molecule has 0 unspecified atom stereocenters. The normalized spacial score (nSPS) is 13.9. The molecule has 0 saturated heterocycles. The van der Waals surface area contributed by atoms with E-state index in [1.807, 2.05) is 51.1 Å². The van der Waals surface area contributed by atoms with E-state index in [4.69, 9.17) is 23.2 Å². The summed E-state index contributed by atoms with van der Waals surface area (Å²) in [5, 5.41) is 4.25. The number of hydrogen-bond donors (Lipinski definition) is 1. The van der Waals surface area contributed by atoms with Crippen LogP contribution >= 0.6 is 23.2 Å². The summed E-state index contributed by atoms with van der Waals surface area (Å²) in [4.78, 5) is 28.2. The van der Waals surface area contributed by atoms with E-state index in [-0.39, 0.29) is 11.3 Å². The molecule has 4 rings (SSSR count). The summed E-state index contributed by atoms with van der Waals surface area (Å²) in [6, 6.07) is 17.9. The fourth-order valence-corrected chi connectivity index (χ4v) is 3.97. The highest BCUT2D eigenvalue weighted by Crippen LogP contribution is 2.35. The molecule has 0 fully saturated rings. The lowest BCUT2D eigenvalue weighted by Crippen LogP contribution is -2.32. The molecule has 4 nitrogen and oxygen atoms in total. The van der Waals surface area contributed by atoms with Gasteiger partial charge in [0.1, 0.15) is 5.70 Å². The summed E-state index contributed by atoms with van der Waals surface area (Å²) in [5.41, 5.74) is 5.12. The van der Waals surface area contributed by atoms with Crippen molar-refractivity contribution in [3.8, 4) is 0 Å². The highest BCUT2D eigenvalue weighted by molar-refractivity contribution is 6.46. The number of rotatable bonds is 4. The van der Waals surface area contributed by atoms with Gasteiger partial charge in [0.25, 0.3) is 11.8 Å². The summed E-state index contributed by atoms with van der Waals surface area (Å²) >= 11 is 12.3. The highest BCUT2D eigenvalue weighted by atomic mass is 35.5. The number of benzene rings is 3. The van der Waals surface area contributed by atoms with Crippen LogP contribution in [0, 0.1) is 20.8 Å². The molecule has 0 aliphatic carbocycles. The van der Waals surface area contributed by atoms with Gasteiger partial charge in [0.2, 0.25) is 0 Å². The van der Waals surface area contributed by atoms with E-state index in [1.165, 1.54) is 4.90 Å². The van der Waals surface area contributed by atoms with Gasteiger partial charge in [-0.05, 0) is 79.4 Å². The summed E-state index contributed by atoms with van der Waals surface area (Å²) in [6.45, 7) is 5.77. The molecule has 1 heterocycles. The fourth-order valence-electron chi connectivity index (χ4n) is 3.66. The summed E-state index contributed by atoms with van der Waals surface area (Å²) in [5.74, 6) is -0.810. The lowest BCUT2D eigenvalue weighted by molar-refractivity contribution is -0.120. The molecule has 3 aromatic rings. The summed E-state index contributed by atoms with van der Waals surface area (Å²) < 4.78 is 0. The maximum absolute atomic E-state index is 13.5. The van der Waals surface area contributed by atoms with Gasteiger partial charge in [-0.25, -0.2) is 4.90 Å². The minimum absolute atomic E-state index is 0.200. The average Bonchev–Trinajstić information content (AvgIpc) is 2.94. The monoisotopic (exact) mass is 450 g/mol. The molecule has 0 radical (unpaired) electrons. The van der Waals surface area contributed by atoms with Gasteiger partial charge in [0.05, 0.1) is 11.3 Å². The van der Waals surface area contributed by atoms with Gasteiger partial charge in [-0.1, -0.05) is 47.5 Å². The first-order chi connectivity index (χ1) is 14.7. The Morgan fingerprint density at radius 2 is 1.42 bits per heavy atom. The number of hydrogen-bond acceptors (Lipinski definition) is 3. The first-order valence-electron chi connectivity index (χ1n) is 9.75. The van der Waals surface area contributed by atoms with E-state index in [0.29, 0.717) is 27.0 Å². The number of carbonyl (C=O) groups excluding carboxylic acids is 2. The van der Waals surface area contributed by atoms with Crippen molar-refractivity contribution in [1.29, 1.82) is 0 Å². The number of anilines is 2. The third-order valence-corrected chi connectivity index (χ3v) is 5.78. The number of amides is 2. The molecule has 0 bridgehead atoms. The molecular weight excluding hydrogens is 431 g/mol. The molecule has 1 aliphatic rings. The van der Waals surface area contributed by atoms with Crippen LogP contribution in [0.3, 0.4) is 0 Å². The van der Waals surface area contributed by atoms with Gasteiger partial charge in [-0.2, -0.15) is 0 Å². The minimum Gasteiger partial charge on any atom is -0.350 e. The Hall–Kier alpha value is -3.08. The highest BCUT2D eigenvalue weighted by Gasteiger charge is 2.40. The first-order valence-corrected chi connectivity index (χ1v) is 10.5. The maximum atomic E-state index is 13.5. The number of carbonyl (C=O) groups is 2. The molecule has 0 spiro atoms. The van der Waals surface area contributed by atoms with Crippen LogP contribution in [-0.2, 0) is 9.59 Å². The quantitative estimate of drug-likeness (QED) is 0.473. The van der Waals surface area contributed by atoms with Crippen LogP contribution in [0.1, 0.15) is 22.3 Å². The lowest BCUT2D eigenvalue weighted by atomic mass is 10.0. The predicted molar refractivity (Wildman–Crippen MR) is 127 cm³/mol. The summed E-state index contributed by atoms with van der Waals surface area (Å²) in [7, 11) is 0. The van der Waals surface area contributed by atoms with E-state index in [1.54, 1.807) is 30.3 Å². The molecule has 3 aromatic carbocycles. The third-order valence-electron chi connectivity index (χ3n) is 5.12. The fraction of sp³-hybridized carbons (Fsp3) is 0.120. The molecule has 1 N–H and O–H groups in total. The molecule has 6 heteroatoms. The Kier molecular flexibility index (Phi) is 5.61. The van der Waals surface area contributed by atoms with E-state index >= 15 is 0 Å². The van der Waals surface area contributed by atoms with Crippen molar-refractivity contribution in [3.05, 3.63) is 98.7 Å². The van der Waals surface area contributed by atoms with E-state index in [9.17, 15) is 9.59 Å². The number of nitrogens with zero attached hydrogens (tertiary/aromatic N) is 1. The van der Waals surface area contributed by atoms with Crippen LogP contribution in [0.4, 0.5) is 11.4 Å². The predicted octanol–water partition coefficient (Wildman–Crippen LogP) is 6.32. The van der Waals surface area contributed by atoms with Crippen LogP contribution in [-0.4, -0.2) is 11.8 Å². The van der Waals surface area contributed by atoms with Gasteiger partial charge in [-0.15, -0.1) is 0 Å². The van der Waals surface area contributed by atoms with Crippen molar-refractivity contribution in [3.63, 3.8) is 0 Å². The smallest absolute Gasteiger partial charge is 0.282 e. The molecule has 0 aromatic heterocycles. The SMILES string of the molecule is Cc1cc(C)cc(N2C(=O)C(Nc3ccc(C)c(Cl)c3)=C(c3ccc(Cl)cc3)C2=O)c1. The van der Waals surface area contributed by atoms with Gasteiger partial charge < -0.3 is 5.32 Å². The van der Waals surface area contributed by atoms with Crippen LogP contribution in [0.5, 0.6) is 0 Å². The van der Waals surface area contributed by atoms with E-state index < -0.39 is 11.8 Å². The van der Waals surface area contributed by atoms with Crippen LogP contribution < -0.4 is 10.2 Å². The topological polar surface area (TPSA) is 49.4 Å². The Balaban J connectivity index is 1.84. The molecule has 0 saturated carbocycles. The molecular formula is C25H20Cl2N2O2. The van der Waals surface area contributed by atoms with Gasteiger partial charge in [0, 0.05) is 15.7 Å². The average molecular weight is 451 g/mol. The second kappa shape index (κ2) is 8.22. The van der Waals surface area contributed by atoms with Crippen LogP contribution in [0.25, 0.3) is 5.57 Å². The second-order valence-electron chi connectivity index (χ2n) is 7.64. The number of aryl methyl sites for hydroxylation is 3. The molecule has 1 aliphatic heterocycles. The van der Waals surface area contributed by atoms with Crippen molar-refractivity contribution in [2.75, 3.05) is 10.2 Å².